The smallest absolute Gasteiger partial charge is 0.123 e. The Bertz CT molecular complexity index is 647. The van der Waals surface area contributed by atoms with Crippen molar-refractivity contribution in [2.75, 3.05) is 44.8 Å². The van der Waals surface area contributed by atoms with E-state index >= 15 is 0 Å². The zero-order valence-corrected chi connectivity index (χ0v) is 16.1. The molecule has 0 saturated carbocycles. The lowest BCUT2D eigenvalue weighted by Gasteiger charge is -2.28. The van der Waals surface area contributed by atoms with Crippen LogP contribution in [0, 0.1) is 0 Å². The van der Waals surface area contributed by atoms with Gasteiger partial charge in [-0.15, -0.1) is 0 Å². The Hall–Kier alpha value is -1.54. The summed E-state index contributed by atoms with van der Waals surface area (Å²) in [4.78, 5) is 4.52. The Morgan fingerprint density at radius 2 is 2.08 bits per heavy atom. The molecule has 6 nitrogen and oxygen atoms in total. The van der Waals surface area contributed by atoms with Gasteiger partial charge in [0.2, 0.25) is 0 Å². The molecule has 142 valence electrons. The predicted molar refractivity (Wildman–Crippen MR) is 105 cm³/mol. The van der Waals surface area contributed by atoms with Crippen LogP contribution in [0.5, 0.6) is 5.75 Å². The van der Waals surface area contributed by atoms with E-state index < -0.39 is 6.10 Å². The zero-order valence-electron chi connectivity index (χ0n) is 15.3. The Morgan fingerprint density at radius 1 is 1.27 bits per heavy atom. The average molecular weight is 377 g/mol. The van der Waals surface area contributed by atoms with Gasteiger partial charge >= 0.3 is 0 Å². The van der Waals surface area contributed by atoms with E-state index in [1.165, 1.54) is 0 Å². The van der Waals surface area contributed by atoms with Gasteiger partial charge in [-0.05, 0) is 19.2 Å². The lowest BCUT2D eigenvalue weighted by Crippen LogP contribution is -2.40. The molecule has 2 aromatic rings. The molecular formula is C19H28N4O2S. The summed E-state index contributed by atoms with van der Waals surface area (Å²) in [5.41, 5.74) is 2.21. The second-order valence-electron chi connectivity index (χ2n) is 6.74. The van der Waals surface area contributed by atoms with Gasteiger partial charge in [-0.2, -0.15) is 16.9 Å². The molecule has 1 aromatic heterocycles. The molecule has 1 aliphatic heterocycles. The number of aromatic amines is 1. The van der Waals surface area contributed by atoms with Crippen molar-refractivity contribution in [1.29, 1.82) is 0 Å². The highest BCUT2D eigenvalue weighted by Crippen LogP contribution is 2.20. The van der Waals surface area contributed by atoms with Gasteiger partial charge in [-0.25, -0.2) is 0 Å². The number of nitrogens with one attached hydrogen (secondary N) is 1. The van der Waals surface area contributed by atoms with Gasteiger partial charge in [0.15, 0.2) is 0 Å². The number of nitrogens with zero attached hydrogens (tertiary/aromatic N) is 3. The van der Waals surface area contributed by atoms with Crippen molar-refractivity contribution in [2.45, 2.75) is 19.2 Å². The number of aliphatic hydroxyl groups is 1. The monoisotopic (exact) mass is 376 g/mol. The lowest BCUT2D eigenvalue weighted by atomic mass is 10.2. The van der Waals surface area contributed by atoms with Crippen molar-refractivity contribution in [3.8, 4) is 5.75 Å². The fourth-order valence-electron chi connectivity index (χ4n) is 3.11. The summed E-state index contributed by atoms with van der Waals surface area (Å²) in [5, 5.41) is 17.3. The first-order chi connectivity index (χ1) is 12.7. The molecule has 0 spiro atoms. The summed E-state index contributed by atoms with van der Waals surface area (Å²) < 4.78 is 5.95. The van der Waals surface area contributed by atoms with Crippen molar-refractivity contribution in [2.24, 2.45) is 0 Å². The molecule has 1 aromatic carbocycles. The van der Waals surface area contributed by atoms with Crippen LogP contribution in [0.1, 0.15) is 11.3 Å². The van der Waals surface area contributed by atoms with Crippen LogP contribution in [0.4, 0.5) is 0 Å². The van der Waals surface area contributed by atoms with Crippen molar-refractivity contribution < 1.29 is 9.84 Å². The van der Waals surface area contributed by atoms with Gasteiger partial charge in [0.1, 0.15) is 18.5 Å². The molecule has 0 amide bonds. The number of β-amino-alcohol motifs (C(OH)–C–C–N with tert-alkyl or cyclic N) is 1. The minimum Gasteiger partial charge on any atom is -0.491 e. The highest BCUT2D eigenvalue weighted by Gasteiger charge is 2.16. The van der Waals surface area contributed by atoms with Gasteiger partial charge in [0.05, 0.1) is 0 Å². The number of thioether (sulfide) groups is 1. The van der Waals surface area contributed by atoms with E-state index in [-0.39, 0.29) is 0 Å². The molecule has 0 radical (unpaired) electrons. The van der Waals surface area contributed by atoms with Crippen molar-refractivity contribution in [1.82, 2.24) is 20.0 Å². The topological polar surface area (TPSA) is 64.6 Å². The highest BCUT2D eigenvalue weighted by atomic mass is 32.2. The fourth-order valence-corrected chi connectivity index (χ4v) is 4.08. The van der Waals surface area contributed by atoms with E-state index in [1.807, 2.05) is 36.0 Å². The van der Waals surface area contributed by atoms with Crippen LogP contribution in [-0.2, 0) is 13.1 Å². The number of H-pyrrole nitrogens is 1. The number of para-hydroxylation sites is 1. The maximum absolute atomic E-state index is 10.3. The summed E-state index contributed by atoms with van der Waals surface area (Å²) in [7, 11) is 2.07. The largest absolute Gasteiger partial charge is 0.491 e. The molecule has 7 heteroatoms. The van der Waals surface area contributed by atoms with Crippen molar-refractivity contribution in [3.05, 3.63) is 47.8 Å². The van der Waals surface area contributed by atoms with Crippen molar-refractivity contribution >= 4 is 11.8 Å². The summed E-state index contributed by atoms with van der Waals surface area (Å²) in [5.74, 6) is 3.15. The van der Waals surface area contributed by atoms with E-state index in [0.29, 0.717) is 13.2 Å². The molecule has 0 unspecified atom stereocenters. The van der Waals surface area contributed by atoms with Crippen LogP contribution in [-0.4, -0.2) is 76.0 Å². The standard InChI is InChI=1S/C19H28N4O2S/c1-22(13-17-6-7-20-21-17)12-16-4-2-3-5-19(16)25-15-18(24)14-23-8-10-26-11-9-23/h2-7,18,24H,8-15H2,1H3,(H,20,21)/t18-/m1/s1. The van der Waals surface area contributed by atoms with Gasteiger partial charge in [0.25, 0.3) is 0 Å². The number of hydrogen-bond donors (Lipinski definition) is 2. The number of hydrogen-bond acceptors (Lipinski definition) is 6. The van der Waals surface area contributed by atoms with E-state index in [2.05, 4.69) is 33.1 Å². The third-order valence-corrected chi connectivity index (χ3v) is 5.36. The first-order valence-corrected chi connectivity index (χ1v) is 10.2. The average Bonchev–Trinajstić information content (AvgIpc) is 3.14. The molecule has 1 aliphatic rings. The quantitative estimate of drug-likeness (QED) is 0.696. The number of benzene rings is 1. The Balaban J connectivity index is 1.49. The van der Waals surface area contributed by atoms with Gasteiger partial charge in [-0.1, -0.05) is 18.2 Å². The van der Waals surface area contributed by atoms with Crippen molar-refractivity contribution in [3.63, 3.8) is 0 Å². The lowest BCUT2D eigenvalue weighted by molar-refractivity contribution is 0.0709. The SMILES string of the molecule is CN(Cc1ccn[nH]1)Cc1ccccc1OC[C@H](O)CN1CCSCC1. The summed E-state index contributed by atoms with van der Waals surface area (Å²) in [6, 6.07) is 10.0. The molecule has 0 bridgehead atoms. The minimum atomic E-state index is -0.464. The Morgan fingerprint density at radius 3 is 2.85 bits per heavy atom. The van der Waals surface area contributed by atoms with Crippen LogP contribution < -0.4 is 4.74 Å². The predicted octanol–water partition coefficient (Wildman–Crippen LogP) is 1.83. The Kier molecular flexibility index (Phi) is 7.37. The molecule has 0 aliphatic carbocycles. The van der Waals surface area contributed by atoms with E-state index in [0.717, 1.165) is 54.7 Å². The Labute approximate surface area is 159 Å². The maximum atomic E-state index is 10.3. The van der Waals surface area contributed by atoms with Crippen LogP contribution in [0.2, 0.25) is 0 Å². The van der Waals surface area contributed by atoms with Crippen LogP contribution in [0.3, 0.4) is 0 Å². The number of aliphatic hydroxyl groups excluding tert-OH is 1. The highest BCUT2D eigenvalue weighted by molar-refractivity contribution is 7.99. The van der Waals surface area contributed by atoms with Gasteiger partial charge in [-0.3, -0.25) is 14.9 Å². The maximum Gasteiger partial charge on any atom is 0.123 e. The van der Waals surface area contributed by atoms with E-state index in [1.54, 1.807) is 6.20 Å². The fraction of sp³-hybridized carbons (Fsp3) is 0.526. The minimum absolute atomic E-state index is 0.324. The molecule has 26 heavy (non-hydrogen) atoms. The molecule has 1 atom stereocenters. The molecule has 2 N–H and O–H groups in total. The number of aromatic nitrogens is 2. The second kappa shape index (κ2) is 9.97. The number of ether oxygens (including phenoxy) is 1. The van der Waals surface area contributed by atoms with Gasteiger partial charge in [0, 0.05) is 61.7 Å². The van der Waals surface area contributed by atoms with Crippen LogP contribution >= 0.6 is 11.8 Å². The normalized spacial score (nSPS) is 16.7. The zero-order chi connectivity index (χ0) is 18.2. The summed E-state index contributed by atoms with van der Waals surface area (Å²) in [6.07, 6.45) is 1.30. The molecular weight excluding hydrogens is 348 g/mol. The first-order valence-electron chi connectivity index (χ1n) is 9.06. The molecule has 1 saturated heterocycles. The van der Waals surface area contributed by atoms with Crippen LogP contribution in [0.15, 0.2) is 36.5 Å². The number of rotatable bonds is 9. The molecule has 1 fully saturated rings. The third-order valence-electron chi connectivity index (χ3n) is 4.42. The summed E-state index contributed by atoms with van der Waals surface area (Å²) in [6.45, 7) is 4.68. The molecule has 2 heterocycles. The third kappa shape index (κ3) is 6.02. The second-order valence-corrected chi connectivity index (χ2v) is 7.96. The molecule has 3 rings (SSSR count). The van der Waals surface area contributed by atoms with Crippen LogP contribution in [0.25, 0.3) is 0 Å². The van der Waals surface area contributed by atoms with E-state index in [9.17, 15) is 5.11 Å². The summed E-state index contributed by atoms with van der Waals surface area (Å²) >= 11 is 1.98. The first kappa shape index (κ1) is 19.2. The van der Waals surface area contributed by atoms with E-state index in [4.69, 9.17) is 4.74 Å². The van der Waals surface area contributed by atoms with Gasteiger partial charge < -0.3 is 9.84 Å².